The van der Waals surface area contributed by atoms with Gasteiger partial charge >= 0.3 is 5.97 Å². The number of esters is 1. The Balaban J connectivity index is 1.43. The number of hydrogen-bond acceptors (Lipinski definition) is 8. The average molecular weight is 565 g/mol. The van der Waals surface area contributed by atoms with Crippen molar-refractivity contribution in [3.63, 3.8) is 0 Å². The van der Waals surface area contributed by atoms with E-state index < -0.39 is 16.0 Å². The maximum atomic E-state index is 13.2. The molecule has 1 saturated heterocycles. The van der Waals surface area contributed by atoms with Crippen molar-refractivity contribution in [3.05, 3.63) is 81.0 Å². The molecule has 3 aromatic rings. The number of nitrogens with zero attached hydrogens (tertiary/aromatic N) is 2. The van der Waals surface area contributed by atoms with Gasteiger partial charge in [-0.15, -0.1) is 11.3 Å². The van der Waals surface area contributed by atoms with Gasteiger partial charge in [-0.2, -0.15) is 4.31 Å². The lowest BCUT2D eigenvalue weighted by molar-refractivity contribution is 0.00766. The molecule has 2 heterocycles. The highest BCUT2D eigenvalue weighted by molar-refractivity contribution is 7.89. The van der Waals surface area contributed by atoms with Gasteiger partial charge in [-0.1, -0.05) is 35.9 Å². The molecule has 2 aromatic carbocycles. The molecular formula is C26H29ClN2O6S2. The third-order valence-electron chi connectivity index (χ3n) is 6.20. The van der Waals surface area contributed by atoms with Crippen molar-refractivity contribution in [3.8, 4) is 5.75 Å². The third-order valence-corrected chi connectivity index (χ3v) is 9.42. The third kappa shape index (κ3) is 6.70. The second-order valence-electron chi connectivity index (χ2n) is 8.51. The number of halogens is 1. The Morgan fingerprint density at radius 3 is 2.46 bits per heavy atom. The molecule has 37 heavy (non-hydrogen) atoms. The first-order valence-corrected chi connectivity index (χ1v) is 14.4. The van der Waals surface area contributed by atoms with Gasteiger partial charge in [0.1, 0.15) is 15.5 Å². The molecule has 0 spiro atoms. The van der Waals surface area contributed by atoms with E-state index in [-0.39, 0.29) is 15.9 Å². The van der Waals surface area contributed by atoms with Crippen LogP contribution >= 0.6 is 22.9 Å². The normalized spacial score (nSPS) is 15.9. The van der Waals surface area contributed by atoms with Crippen LogP contribution in [-0.4, -0.2) is 70.5 Å². The molecule has 4 rings (SSSR count). The summed E-state index contributed by atoms with van der Waals surface area (Å²) in [5, 5.41) is 2.24. The van der Waals surface area contributed by atoms with Crippen LogP contribution in [0.15, 0.2) is 64.9 Å². The smallest absolute Gasteiger partial charge is 0.349 e. The van der Waals surface area contributed by atoms with Crippen LogP contribution in [0.4, 0.5) is 0 Å². The quantitative estimate of drug-likeness (QED) is 0.336. The van der Waals surface area contributed by atoms with E-state index in [9.17, 15) is 13.2 Å². The predicted octanol–water partition coefficient (Wildman–Crippen LogP) is 4.46. The number of ether oxygens (including phenoxy) is 3. The van der Waals surface area contributed by atoms with Gasteiger partial charge in [0.2, 0.25) is 10.0 Å². The number of methoxy groups -OCH3 is 2. The van der Waals surface area contributed by atoms with Crippen molar-refractivity contribution in [2.75, 3.05) is 46.9 Å². The van der Waals surface area contributed by atoms with E-state index in [2.05, 4.69) is 4.90 Å². The fraction of sp³-hybridized carbons (Fsp3) is 0.346. The number of piperazine rings is 1. The van der Waals surface area contributed by atoms with Crippen LogP contribution in [0.25, 0.3) is 0 Å². The molecule has 0 radical (unpaired) electrons. The first-order valence-electron chi connectivity index (χ1n) is 11.7. The van der Waals surface area contributed by atoms with E-state index in [1.54, 1.807) is 12.5 Å². The number of hydrogen-bond donors (Lipinski definition) is 0. The zero-order chi connectivity index (χ0) is 26.4. The Morgan fingerprint density at radius 2 is 1.78 bits per heavy atom. The van der Waals surface area contributed by atoms with Crippen molar-refractivity contribution in [2.45, 2.75) is 17.6 Å². The summed E-state index contributed by atoms with van der Waals surface area (Å²) in [6, 6.07) is 16.8. The second-order valence-corrected chi connectivity index (χ2v) is 11.8. The van der Waals surface area contributed by atoms with E-state index in [1.807, 2.05) is 48.5 Å². The van der Waals surface area contributed by atoms with Crippen LogP contribution in [0.5, 0.6) is 5.75 Å². The molecule has 8 nitrogen and oxygen atoms in total. The first-order chi connectivity index (χ1) is 17.8. The highest BCUT2D eigenvalue weighted by Gasteiger charge is 2.33. The fourth-order valence-corrected chi connectivity index (χ4v) is 7.02. The minimum absolute atomic E-state index is 0.00142. The molecule has 0 unspecified atom stereocenters. The van der Waals surface area contributed by atoms with Gasteiger partial charge in [-0.05, 0) is 46.8 Å². The Hall–Kier alpha value is -2.47. The maximum absolute atomic E-state index is 13.2. The lowest BCUT2D eigenvalue weighted by atomic mass is 10.1. The molecule has 1 aromatic heterocycles. The molecule has 198 valence electrons. The van der Waals surface area contributed by atoms with Crippen LogP contribution < -0.4 is 4.74 Å². The lowest BCUT2D eigenvalue weighted by Crippen LogP contribution is -2.49. The molecule has 0 amide bonds. The van der Waals surface area contributed by atoms with E-state index >= 15 is 0 Å². The maximum Gasteiger partial charge on any atom is 0.349 e. The van der Waals surface area contributed by atoms with Crippen LogP contribution in [-0.2, 0) is 26.1 Å². The summed E-state index contributed by atoms with van der Waals surface area (Å²) in [5.41, 5.74) is 1.98. The molecule has 0 aliphatic carbocycles. The van der Waals surface area contributed by atoms with Crippen molar-refractivity contribution < 1.29 is 27.4 Å². The molecule has 0 saturated carbocycles. The summed E-state index contributed by atoms with van der Waals surface area (Å²) in [4.78, 5) is 14.3. The molecular weight excluding hydrogens is 536 g/mol. The van der Waals surface area contributed by atoms with Gasteiger partial charge in [-0.3, -0.25) is 4.90 Å². The summed E-state index contributed by atoms with van der Waals surface area (Å²) < 4.78 is 44.3. The summed E-state index contributed by atoms with van der Waals surface area (Å²) in [6.07, 6.45) is -0.241. The monoisotopic (exact) mass is 564 g/mol. The van der Waals surface area contributed by atoms with E-state index in [1.165, 1.54) is 17.5 Å². The molecule has 11 heteroatoms. The molecule has 1 atom stereocenters. The summed E-state index contributed by atoms with van der Waals surface area (Å²) in [7, 11) is -0.937. The number of thiophene rings is 1. The van der Waals surface area contributed by atoms with Gasteiger partial charge in [0.15, 0.2) is 0 Å². The van der Waals surface area contributed by atoms with Crippen molar-refractivity contribution in [2.24, 2.45) is 0 Å². The fourth-order valence-electron chi connectivity index (χ4n) is 4.16. The highest BCUT2D eigenvalue weighted by Crippen LogP contribution is 2.28. The summed E-state index contributed by atoms with van der Waals surface area (Å²) in [6.45, 7) is 2.66. The number of benzene rings is 2. The first kappa shape index (κ1) is 27.6. The van der Waals surface area contributed by atoms with Gasteiger partial charge in [-0.25, -0.2) is 13.2 Å². The van der Waals surface area contributed by atoms with Gasteiger partial charge in [0, 0.05) is 37.7 Å². The van der Waals surface area contributed by atoms with Gasteiger partial charge in [0.25, 0.3) is 0 Å². The number of carbonyl (C=O) groups excluding carboxylic acids is 1. The molecule has 0 bridgehead atoms. The highest BCUT2D eigenvalue weighted by atomic mass is 35.5. The summed E-state index contributed by atoms with van der Waals surface area (Å²) in [5.74, 6) is 0.119. The Kier molecular flexibility index (Phi) is 9.22. The topological polar surface area (TPSA) is 85.4 Å². The molecule has 1 aliphatic heterocycles. The van der Waals surface area contributed by atoms with Crippen LogP contribution in [0.1, 0.15) is 26.9 Å². The van der Waals surface area contributed by atoms with Crippen LogP contribution in [0.3, 0.4) is 0 Å². The van der Waals surface area contributed by atoms with E-state index in [4.69, 9.17) is 25.8 Å². The van der Waals surface area contributed by atoms with E-state index in [0.717, 1.165) is 28.2 Å². The Labute approximate surface area is 226 Å². The number of carbonyl (C=O) groups is 1. The number of rotatable bonds is 10. The van der Waals surface area contributed by atoms with Gasteiger partial charge in [0.05, 0.1) is 26.9 Å². The van der Waals surface area contributed by atoms with Gasteiger partial charge < -0.3 is 14.2 Å². The lowest BCUT2D eigenvalue weighted by Gasteiger charge is -2.35. The number of sulfonamides is 1. The molecule has 1 aliphatic rings. The average Bonchev–Trinajstić information content (AvgIpc) is 3.43. The van der Waals surface area contributed by atoms with Crippen LogP contribution in [0.2, 0.25) is 5.02 Å². The Morgan fingerprint density at radius 1 is 1.05 bits per heavy atom. The largest absolute Gasteiger partial charge is 0.497 e. The second kappa shape index (κ2) is 12.4. The minimum atomic E-state index is -3.81. The standard InChI is InChI=1S/C26H29ClN2O6S2/c1-33-22-5-3-4-19(16-22)18-35-23(20-6-8-21(27)9-7-20)17-28-11-13-29(14-12-28)37(31,32)24-10-15-36-25(24)26(30)34-2/h3-10,15-16,23H,11-14,17-18H2,1-2H3/t23-/m0/s1. The van der Waals surface area contributed by atoms with Crippen molar-refractivity contribution >= 4 is 38.9 Å². The van der Waals surface area contributed by atoms with Crippen molar-refractivity contribution in [1.29, 1.82) is 0 Å². The minimum Gasteiger partial charge on any atom is -0.497 e. The zero-order valence-electron chi connectivity index (χ0n) is 20.6. The molecule has 0 N–H and O–H groups in total. The predicted molar refractivity (Wildman–Crippen MR) is 143 cm³/mol. The summed E-state index contributed by atoms with van der Waals surface area (Å²) >= 11 is 7.16. The van der Waals surface area contributed by atoms with E-state index in [0.29, 0.717) is 44.4 Å². The molecule has 1 fully saturated rings. The zero-order valence-corrected chi connectivity index (χ0v) is 23.0. The van der Waals surface area contributed by atoms with Crippen molar-refractivity contribution in [1.82, 2.24) is 9.21 Å². The SMILES string of the molecule is COC(=O)c1sccc1S(=O)(=O)N1CCN(C[C@H](OCc2cccc(OC)c2)c2ccc(Cl)cc2)CC1. The van der Waals surface area contributed by atoms with Crippen LogP contribution in [0, 0.1) is 0 Å². The Bertz CT molecular complexity index is 1300.